The summed E-state index contributed by atoms with van der Waals surface area (Å²) in [6, 6.07) is 7.71. The molecule has 5 nitrogen and oxygen atoms in total. The Morgan fingerprint density at radius 2 is 1.83 bits per heavy atom. The number of hydrogen-bond donors (Lipinski definition) is 1. The van der Waals surface area contributed by atoms with Crippen molar-refractivity contribution in [1.29, 1.82) is 0 Å². The third-order valence-corrected chi connectivity index (χ3v) is 5.68. The fraction of sp³-hybridized carbons (Fsp3) is 0.444. The number of nitrogens with one attached hydrogen (secondary N) is 1. The fourth-order valence-corrected chi connectivity index (χ4v) is 4.24. The monoisotopic (exact) mass is 344 g/mol. The zero-order chi connectivity index (χ0) is 16.5. The lowest BCUT2D eigenvalue weighted by molar-refractivity contribution is 0.0669. The van der Waals surface area contributed by atoms with Crippen LogP contribution in [0.15, 0.2) is 34.9 Å². The minimum absolute atomic E-state index is 0.118. The number of carbonyl (C=O) groups is 2. The predicted octanol–water partition coefficient (Wildman–Crippen LogP) is 4.14. The minimum atomic E-state index is -0.296. The number of carbonyl (C=O) groups excluding carboxylic acids is 2. The van der Waals surface area contributed by atoms with E-state index in [-0.39, 0.29) is 17.6 Å². The Kier molecular flexibility index (Phi) is 4.14. The summed E-state index contributed by atoms with van der Waals surface area (Å²) in [5, 5.41) is 3.46. The van der Waals surface area contributed by atoms with Gasteiger partial charge in [0.25, 0.3) is 11.8 Å². The van der Waals surface area contributed by atoms with Gasteiger partial charge in [0.1, 0.15) is 0 Å². The summed E-state index contributed by atoms with van der Waals surface area (Å²) < 4.78 is 5.08. The zero-order valence-corrected chi connectivity index (χ0v) is 14.2. The summed E-state index contributed by atoms with van der Waals surface area (Å²) in [5.74, 6) is 0.0884. The zero-order valence-electron chi connectivity index (χ0n) is 13.4. The van der Waals surface area contributed by atoms with Crippen molar-refractivity contribution in [2.75, 3.05) is 5.32 Å². The maximum atomic E-state index is 12.9. The molecule has 126 valence electrons. The molecule has 0 atom stereocenters. The molecule has 2 heterocycles. The molecule has 2 aromatic heterocycles. The molecule has 2 aromatic rings. The topological polar surface area (TPSA) is 62.6 Å². The molecule has 0 saturated heterocycles. The third kappa shape index (κ3) is 3.11. The highest BCUT2D eigenvalue weighted by Crippen LogP contribution is 2.37. The van der Waals surface area contributed by atoms with Crippen molar-refractivity contribution < 1.29 is 14.0 Å². The SMILES string of the molecule is O=C(Nc1ccc(C(=O)N(C2CCCC2)C2CC2)s1)c1ccco1. The maximum absolute atomic E-state index is 12.9. The summed E-state index contributed by atoms with van der Waals surface area (Å²) in [5.41, 5.74) is 0. The largest absolute Gasteiger partial charge is 0.459 e. The molecule has 1 N–H and O–H groups in total. The standard InChI is InChI=1S/C18H20N2O3S/c21-17(14-6-3-11-23-14)19-16-10-9-15(24-16)18(22)20(13-7-8-13)12-4-1-2-5-12/h3,6,9-13H,1-2,4-5,7-8H2,(H,19,21). The Morgan fingerprint density at radius 1 is 1.08 bits per heavy atom. The van der Waals surface area contributed by atoms with Gasteiger partial charge in [-0.3, -0.25) is 9.59 Å². The van der Waals surface area contributed by atoms with Crippen LogP contribution in [0.25, 0.3) is 0 Å². The van der Waals surface area contributed by atoms with E-state index in [1.54, 1.807) is 18.2 Å². The smallest absolute Gasteiger partial charge is 0.291 e. The summed E-state index contributed by atoms with van der Waals surface area (Å²) in [6.45, 7) is 0. The second-order valence-corrected chi connectivity index (χ2v) is 7.56. The van der Waals surface area contributed by atoms with Crippen LogP contribution in [0.5, 0.6) is 0 Å². The molecular formula is C18H20N2O3S. The van der Waals surface area contributed by atoms with Crippen LogP contribution in [0.1, 0.15) is 58.8 Å². The van der Waals surface area contributed by atoms with Crippen LogP contribution in [-0.4, -0.2) is 28.8 Å². The first-order valence-electron chi connectivity index (χ1n) is 8.50. The van der Waals surface area contributed by atoms with E-state index in [1.165, 1.54) is 30.4 Å². The Balaban J connectivity index is 1.47. The van der Waals surface area contributed by atoms with E-state index >= 15 is 0 Å². The molecule has 0 radical (unpaired) electrons. The number of thiophene rings is 1. The van der Waals surface area contributed by atoms with E-state index in [1.807, 2.05) is 6.07 Å². The van der Waals surface area contributed by atoms with Gasteiger partial charge in [-0.2, -0.15) is 0 Å². The molecular weight excluding hydrogens is 324 g/mol. The second kappa shape index (κ2) is 6.43. The number of hydrogen-bond acceptors (Lipinski definition) is 4. The van der Waals surface area contributed by atoms with Crippen LogP contribution < -0.4 is 5.32 Å². The lowest BCUT2D eigenvalue weighted by atomic mass is 10.2. The van der Waals surface area contributed by atoms with Crippen molar-refractivity contribution in [3.8, 4) is 0 Å². The van der Waals surface area contributed by atoms with Crippen LogP contribution >= 0.6 is 11.3 Å². The Labute approximate surface area is 144 Å². The lowest BCUT2D eigenvalue weighted by Crippen LogP contribution is -2.40. The van der Waals surface area contributed by atoms with E-state index in [2.05, 4.69) is 10.2 Å². The maximum Gasteiger partial charge on any atom is 0.291 e. The van der Waals surface area contributed by atoms with E-state index in [0.717, 1.165) is 25.7 Å². The number of amides is 2. The molecule has 4 rings (SSSR count). The van der Waals surface area contributed by atoms with E-state index in [0.29, 0.717) is 22.0 Å². The van der Waals surface area contributed by atoms with Gasteiger partial charge < -0.3 is 14.6 Å². The Bertz CT molecular complexity index is 727. The summed E-state index contributed by atoms with van der Waals surface area (Å²) in [6.07, 6.45) is 8.39. The third-order valence-electron chi connectivity index (χ3n) is 4.69. The molecule has 24 heavy (non-hydrogen) atoms. The molecule has 0 spiro atoms. The van der Waals surface area contributed by atoms with Gasteiger partial charge in [0.15, 0.2) is 5.76 Å². The number of nitrogens with zero attached hydrogens (tertiary/aromatic N) is 1. The van der Waals surface area contributed by atoms with Gasteiger partial charge in [-0.05, 0) is 49.9 Å². The van der Waals surface area contributed by atoms with Gasteiger partial charge in [0.2, 0.25) is 0 Å². The van der Waals surface area contributed by atoms with Crippen molar-refractivity contribution in [2.24, 2.45) is 0 Å². The molecule has 0 aromatic carbocycles. The average molecular weight is 344 g/mol. The average Bonchev–Trinajstić information content (AvgIpc) is 3.06. The normalized spacial score (nSPS) is 17.8. The van der Waals surface area contributed by atoms with Crippen LogP contribution in [0.4, 0.5) is 5.00 Å². The molecule has 6 heteroatoms. The molecule has 0 bridgehead atoms. The quantitative estimate of drug-likeness (QED) is 0.886. The molecule has 2 aliphatic carbocycles. The lowest BCUT2D eigenvalue weighted by Gasteiger charge is -2.28. The van der Waals surface area contributed by atoms with E-state index in [4.69, 9.17) is 4.42 Å². The highest BCUT2D eigenvalue weighted by atomic mass is 32.1. The fourth-order valence-electron chi connectivity index (χ4n) is 3.39. The Hall–Kier alpha value is -2.08. The number of anilines is 1. The first-order chi connectivity index (χ1) is 11.7. The van der Waals surface area contributed by atoms with Crippen molar-refractivity contribution in [1.82, 2.24) is 4.90 Å². The van der Waals surface area contributed by atoms with Crippen LogP contribution in [0, 0.1) is 0 Å². The predicted molar refractivity (Wildman–Crippen MR) is 92.4 cm³/mol. The first kappa shape index (κ1) is 15.4. The van der Waals surface area contributed by atoms with Crippen molar-refractivity contribution in [3.63, 3.8) is 0 Å². The van der Waals surface area contributed by atoms with Crippen molar-refractivity contribution in [2.45, 2.75) is 50.6 Å². The summed E-state index contributed by atoms with van der Waals surface area (Å²) in [7, 11) is 0. The highest BCUT2D eigenvalue weighted by molar-refractivity contribution is 7.18. The van der Waals surface area contributed by atoms with Gasteiger partial charge in [-0.15, -0.1) is 11.3 Å². The molecule has 2 saturated carbocycles. The summed E-state index contributed by atoms with van der Waals surface area (Å²) >= 11 is 1.33. The molecule has 0 unspecified atom stereocenters. The van der Waals surface area contributed by atoms with Crippen LogP contribution in [0.3, 0.4) is 0 Å². The first-order valence-corrected chi connectivity index (χ1v) is 9.31. The van der Waals surface area contributed by atoms with Gasteiger partial charge in [-0.25, -0.2) is 0 Å². The Morgan fingerprint density at radius 3 is 2.50 bits per heavy atom. The highest BCUT2D eigenvalue weighted by Gasteiger charge is 2.39. The van der Waals surface area contributed by atoms with E-state index in [9.17, 15) is 9.59 Å². The summed E-state index contributed by atoms with van der Waals surface area (Å²) in [4.78, 5) is 27.8. The van der Waals surface area contributed by atoms with Gasteiger partial charge in [0, 0.05) is 12.1 Å². The van der Waals surface area contributed by atoms with E-state index < -0.39 is 0 Å². The van der Waals surface area contributed by atoms with Crippen LogP contribution in [-0.2, 0) is 0 Å². The molecule has 2 fully saturated rings. The van der Waals surface area contributed by atoms with Gasteiger partial charge in [-0.1, -0.05) is 12.8 Å². The van der Waals surface area contributed by atoms with Crippen molar-refractivity contribution in [3.05, 3.63) is 41.2 Å². The molecule has 2 amide bonds. The van der Waals surface area contributed by atoms with Crippen molar-refractivity contribution >= 4 is 28.2 Å². The second-order valence-electron chi connectivity index (χ2n) is 6.48. The number of rotatable bonds is 5. The van der Waals surface area contributed by atoms with Gasteiger partial charge >= 0.3 is 0 Å². The minimum Gasteiger partial charge on any atom is -0.459 e. The van der Waals surface area contributed by atoms with Crippen LogP contribution in [0.2, 0.25) is 0 Å². The number of furan rings is 1. The molecule has 2 aliphatic rings. The molecule has 0 aliphatic heterocycles. The van der Waals surface area contributed by atoms with Gasteiger partial charge in [0.05, 0.1) is 16.1 Å².